The molecular formula is C8H18N2O. The van der Waals surface area contributed by atoms with Crippen molar-refractivity contribution in [1.82, 2.24) is 10.2 Å². The third kappa shape index (κ3) is 3.70. The Morgan fingerprint density at radius 3 is 2.91 bits per heavy atom. The molecule has 1 saturated heterocycles. The van der Waals surface area contributed by atoms with Crippen LogP contribution in [0.5, 0.6) is 0 Å². The molecule has 1 rings (SSSR count). The summed E-state index contributed by atoms with van der Waals surface area (Å²) in [5, 5.41) is 3.32. The Kier molecular flexibility index (Phi) is 3.83. The molecule has 3 nitrogen and oxygen atoms in total. The predicted octanol–water partition coefficient (Wildman–Crippen LogP) is -0.0735. The molecule has 0 unspecified atom stereocenters. The van der Waals surface area contributed by atoms with Crippen LogP contribution in [0.4, 0.5) is 0 Å². The highest BCUT2D eigenvalue weighted by Crippen LogP contribution is 2.01. The van der Waals surface area contributed by atoms with Crippen molar-refractivity contribution in [3.8, 4) is 0 Å². The van der Waals surface area contributed by atoms with E-state index in [0.29, 0.717) is 6.10 Å². The standard InChI is InChI=1S/C8H18N2O/c1-10(2)5-3-8-7-9-4-6-11-8/h8-9H,3-7H2,1-2H3/t8-/m0/s1. The van der Waals surface area contributed by atoms with Crippen LogP contribution in [0.2, 0.25) is 0 Å². The number of ether oxygens (including phenoxy) is 1. The highest BCUT2D eigenvalue weighted by Gasteiger charge is 2.12. The molecule has 0 amide bonds. The maximum Gasteiger partial charge on any atom is 0.0712 e. The second kappa shape index (κ2) is 4.70. The predicted molar refractivity (Wildman–Crippen MR) is 45.8 cm³/mol. The second-order valence-electron chi connectivity index (χ2n) is 3.29. The van der Waals surface area contributed by atoms with Gasteiger partial charge < -0.3 is 15.0 Å². The monoisotopic (exact) mass is 158 g/mol. The van der Waals surface area contributed by atoms with Gasteiger partial charge in [-0.1, -0.05) is 0 Å². The average Bonchev–Trinajstić information content (AvgIpc) is 2.03. The molecule has 1 aliphatic heterocycles. The molecule has 0 aromatic rings. The molecule has 0 aliphatic carbocycles. The largest absolute Gasteiger partial charge is 0.376 e. The van der Waals surface area contributed by atoms with E-state index in [-0.39, 0.29) is 0 Å². The Morgan fingerprint density at radius 2 is 2.36 bits per heavy atom. The van der Waals surface area contributed by atoms with E-state index in [4.69, 9.17) is 4.74 Å². The van der Waals surface area contributed by atoms with Gasteiger partial charge in [0.05, 0.1) is 12.7 Å². The SMILES string of the molecule is CN(C)CC[C@H]1CNCCO1. The number of hydrogen-bond acceptors (Lipinski definition) is 3. The second-order valence-corrected chi connectivity index (χ2v) is 3.29. The summed E-state index contributed by atoms with van der Waals surface area (Å²) in [5.41, 5.74) is 0. The quantitative estimate of drug-likeness (QED) is 0.622. The summed E-state index contributed by atoms with van der Waals surface area (Å²) in [4.78, 5) is 2.19. The number of nitrogens with one attached hydrogen (secondary N) is 1. The summed E-state index contributed by atoms with van der Waals surface area (Å²) in [6, 6.07) is 0. The van der Waals surface area contributed by atoms with Crippen LogP contribution in [0.25, 0.3) is 0 Å². The summed E-state index contributed by atoms with van der Waals surface area (Å²) in [6.07, 6.45) is 1.58. The molecule has 0 spiro atoms. The van der Waals surface area contributed by atoms with Crippen LogP contribution >= 0.6 is 0 Å². The van der Waals surface area contributed by atoms with Gasteiger partial charge in [-0.25, -0.2) is 0 Å². The lowest BCUT2D eigenvalue weighted by Gasteiger charge is -2.24. The van der Waals surface area contributed by atoms with Gasteiger partial charge in [0.2, 0.25) is 0 Å². The third-order valence-corrected chi connectivity index (χ3v) is 1.90. The maximum absolute atomic E-state index is 5.54. The van der Waals surface area contributed by atoms with E-state index in [0.717, 1.165) is 32.7 Å². The molecule has 0 aromatic carbocycles. The molecule has 11 heavy (non-hydrogen) atoms. The minimum absolute atomic E-state index is 0.436. The van der Waals surface area contributed by atoms with E-state index < -0.39 is 0 Å². The Balaban J connectivity index is 2.05. The lowest BCUT2D eigenvalue weighted by molar-refractivity contribution is 0.0198. The molecular weight excluding hydrogens is 140 g/mol. The molecule has 1 aliphatic rings. The van der Waals surface area contributed by atoms with Gasteiger partial charge in [-0.15, -0.1) is 0 Å². The zero-order valence-corrected chi connectivity index (χ0v) is 7.47. The summed E-state index contributed by atoms with van der Waals surface area (Å²) in [5.74, 6) is 0. The molecule has 3 heteroatoms. The summed E-state index contributed by atoms with van der Waals surface area (Å²) < 4.78 is 5.54. The van der Waals surface area contributed by atoms with Crippen molar-refractivity contribution in [3.63, 3.8) is 0 Å². The van der Waals surface area contributed by atoms with Crippen molar-refractivity contribution in [2.45, 2.75) is 12.5 Å². The molecule has 66 valence electrons. The van der Waals surface area contributed by atoms with Crippen LogP contribution < -0.4 is 5.32 Å². The number of morpholine rings is 1. The van der Waals surface area contributed by atoms with Crippen LogP contribution in [0.15, 0.2) is 0 Å². The maximum atomic E-state index is 5.54. The number of rotatable bonds is 3. The number of nitrogens with zero attached hydrogens (tertiary/aromatic N) is 1. The molecule has 0 radical (unpaired) electrons. The van der Waals surface area contributed by atoms with Gasteiger partial charge >= 0.3 is 0 Å². The molecule has 0 aromatic heterocycles. The van der Waals surface area contributed by atoms with E-state index in [1.54, 1.807) is 0 Å². The Hall–Kier alpha value is -0.120. The molecule has 1 N–H and O–H groups in total. The van der Waals surface area contributed by atoms with Gasteiger partial charge in [0.15, 0.2) is 0 Å². The van der Waals surface area contributed by atoms with E-state index in [9.17, 15) is 0 Å². The first-order valence-electron chi connectivity index (χ1n) is 4.26. The average molecular weight is 158 g/mol. The zero-order valence-electron chi connectivity index (χ0n) is 7.47. The minimum Gasteiger partial charge on any atom is -0.376 e. The first-order valence-corrected chi connectivity index (χ1v) is 4.26. The smallest absolute Gasteiger partial charge is 0.0712 e. The van der Waals surface area contributed by atoms with Crippen molar-refractivity contribution in [1.29, 1.82) is 0 Å². The van der Waals surface area contributed by atoms with Crippen LogP contribution in [-0.2, 0) is 4.74 Å². The molecule has 1 fully saturated rings. The van der Waals surface area contributed by atoms with E-state index in [2.05, 4.69) is 24.3 Å². The Morgan fingerprint density at radius 1 is 1.55 bits per heavy atom. The molecule has 0 saturated carbocycles. The fraction of sp³-hybridized carbons (Fsp3) is 1.00. The van der Waals surface area contributed by atoms with Gasteiger partial charge in [-0.2, -0.15) is 0 Å². The first-order chi connectivity index (χ1) is 5.29. The Bertz CT molecular complexity index is 100. The summed E-state index contributed by atoms with van der Waals surface area (Å²) in [6.45, 7) is 4.02. The van der Waals surface area contributed by atoms with Crippen molar-refractivity contribution in [3.05, 3.63) is 0 Å². The third-order valence-electron chi connectivity index (χ3n) is 1.90. The molecule has 0 bridgehead atoms. The summed E-state index contributed by atoms with van der Waals surface area (Å²) in [7, 11) is 4.19. The molecule has 1 heterocycles. The van der Waals surface area contributed by atoms with Gasteiger partial charge in [0.25, 0.3) is 0 Å². The molecule has 1 atom stereocenters. The normalized spacial score (nSPS) is 25.9. The van der Waals surface area contributed by atoms with E-state index in [1.807, 2.05) is 0 Å². The van der Waals surface area contributed by atoms with Crippen molar-refractivity contribution in [2.24, 2.45) is 0 Å². The van der Waals surface area contributed by atoms with Crippen molar-refractivity contribution < 1.29 is 4.74 Å². The Labute approximate surface area is 68.7 Å². The van der Waals surface area contributed by atoms with Gasteiger partial charge in [-0.05, 0) is 20.5 Å². The van der Waals surface area contributed by atoms with Crippen LogP contribution in [0.3, 0.4) is 0 Å². The highest BCUT2D eigenvalue weighted by atomic mass is 16.5. The van der Waals surface area contributed by atoms with E-state index in [1.165, 1.54) is 0 Å². The van der Waals surface area contributed by atoms with Crippen LogP contribution in [0.1, 0.15) is 6.42 Å². The van der Waals surface area contributed by atoms with Gasteiger partial charge in [-0.3, -0.25) is 0 Å². The van der Waals surface area contributed by atoms with Gasteiger partial charge in [0, 0.05) is 19.6 Å². The van der Waals surface area contributed by atoms with Crippen LogP contribution in [-0.4, -0.2) is 51.3 Å². The topological polar surface area (TPSA) is 24.5 Å². The first kappa shape index (κ1) is 8.97. The zero-order chi connectivity index (χ0) is 8.10. The van der Waals surface area contributed by atoms with Gasteiger partial charge in [0.1, 0.15) is 0 Å². The summed E-state index contributed by atoms with van der Waals surface area (Å²) >= 11 is 0. The number of hydrogen-bond donors (Lipinski definition) is 1. The van der Waals surface area contributed by atoms with E-state index >= 15 is 0 Å². The van der Waals surface area contributed by atoms with Crippen LogP contribution in [0, 0.1) is 0 Å². The highest BCUT2D eigenvalue weighted by molar-refractivity contribution is 4.67. The lowest BCUT2D eigenvalue weighted by atomic mass is 10.2. The minimum atomic E-state index is 0.436. The fourth-order valence-corrected chi connectivity index (χ4v) is 1.21. The van der Waals surface area contributed by atoms with Crippen molar-refractivity contribution >= 4 is 0 Å². The lowest BCUT2D eigenvalue weighted by Crippen LogP contribution is -2.39. The fourth-order valence-electron chi connectivity index (χ4n) is 1.21. The van der Waals surface area contributed by atoms with Crippen molar-refractivity contribution in [2.75, 3.05) is 40.3 Å².